The Morgan fingerprint density at radius 1 is 1.06 bits per heavy atom. The number of benzene rings is 2. The molecule has 1 aliphatic heterocycles. The Kier molecular flexibility index (Phi) is 7.72. The maximum absolute atomic E-state index is 12.9. The number of fused-ring (bicyclic) bond motifs is 1. The second kappa shape index (κ2) is 10.7. The van der Waals surface area contributed by atoms with E-state index in [-0.39, 0.29) is 31.7 Å². The number of rotatable bonds is 10. The van der Waals surface area contributed by atoms with E-state index in [1.807, 2.05) is 32.0 Å². The van der Waals surface area contributed by atoms with Gasteiger partial charge in [-0.15, -0.1) is 0 Å². The van der Waals surface area contributed by atoms with Crippen LogP contribution in [0.3, 0.4) is 0 Å². The van der Waals surface area contributed by atoms with Gasteiger partial charge < -0.3 is 29.3 Å². The molecule has 1 heterocycles. The summed E-state index contributed by atoms with van der Waals surface area (Å²) in [5.41, 5.74) is 1.68. The fraction of sp³-hybridized carbons (Fsp3) is 0.391. The number of carbonyl (C=O) groups excluding carboxylic acids is 2. The minimum absolute atomic E-state index is 0.00858. The Hall–Kier alpha value is -3.26. The fourth-order valence-corrected chi connectivity index (χ4v) is 3.38. The third-order valence-electron chi connectivity index (χ3n) is 5.23. The van der Waals surface area contributed by atoms with Gasteiger partial charge in [0.25, 0.3) is 11.8 Å². The number of hydrogen-bond donors (Lipinski definition) is 2. The van der Waals surface area contributed by atoms with Crippen LogP contribution < -0.4 is 24.4 Å². The van der Waals surface area contributed by atoms with Crippen LogP contribution in [0.15, 0.2) is 42.5 Å². The van der Waals surface area contributed by atoms with Crippen LogP contribution >= 0.6 is 0 Å². The van der Waals surface area contributed by atoms with Crippen LogP contribution in [0.25, 0.3) is 0 Å². The number of amides is 2. The predicted molar refractivity (Wildman–Crippen MR) is 117 cm³/mol. The van der Waals surface area contributed by atoms with Gasteiger partial charge in [-0.2, -0.15) is 0 Å². The van der Waals surface area contributed by atoms with Gasteiger partial charge in [0.15, 0.2) is 24.6 Å². The van der Waals surface area contributed by atoms with Crippen molar-refractivity contribution in [3.63, 3.8) is 0 Å². The molecular weight excluding hydrogens is 398 g/mol. The van der Waals surface area contributed by atoms with E-state index in [4.69, 9.17) is 14.2 Å². The lowest BCUT2D eigenvalue weighted by atomic mass is 10.2. The van der Waals surface area contributed by atoms with E-state index in [2.05, 4.69) is 5.32 Å². The highest BCUT2D eigenvalue weighted by Gasteiger charge is 2.22. The van der Waals surface area contributed by atoms with Crippen LogP contribution in [0.5, 0.6) is 17.2 Å². The van der Waals surface area contributed by atoms with Gasteiger partial charge >= 0.3 is 0 Å². The maximum Gasteiger partial charge on any atom is 0.279 e. The highest BCUT2D eigenvalue weighted by atomic mass is 16.7. The fourth-order valence-electron chi connectivity index (χ4n) is 3.38. The summed E-state index contributed by atoms with van der Waals surface area (Å²) >= 11 is 0. The molecule has 0 bridgehead atoms. The first-order valence-corrected chi connectivity index (χ1v) is 10.5. The summed E-state index contributed by atoms with van der Waals surface area (Å²) in [6.45, 7) is 6.36. The number of anilines is 1. The molecule has 2 aromatic carbocycles. The molecule has 3 rings (SSSR count). The summed E-state index contributed by atoms with van der Waals surface area (Å²) < 4.78 is 15.9. The van der Waals surface area contributed by atoms with Gasteiger partial charge in [0.1, 0.15) is 5.75 Å². The monoisotopic (exact) mass is 428 g/mol. The zero-order valence-corrected chi connectivity index (χ0v) is 18.3. The van der Waals surface area contributed by atoms with Crippen LogP contribution in [0.1, 0.15) is 19.4 Å². The minimum Gasteiger partial charge on any atom is -0.497 e. The number of nitrogens with one attached hydrogen (secondary N) is 2. The standard InChI is InChI=1S/C23H29N3O5/c1-4-25(14-22(27)24-18-7-9-19(29-3)10-8-18)15-23(28)26(5-2)13-17-6-11-20-21(12-17)31-16-30-20/h6-12H,4-5,13-16H2,1-3H3,(H,24,27)/p+1. The highest BCUT2D eigenvalue weighted by Crippen LogP contribution is 2.32. The molecule has 31 heavy (non-hydrogen) atoms. The summed E-state index contributed by atoms with van der Waals surface area (Å²) in [5, 5.41) is 2.87. The third kappa shape index (κ3) is 6.11. The van der Waals surface area contributed by atoms with Crippen molar-refractivity contribution in [3.05, 3.63) is 48.0 Å². The molecule has 8 heteroatoms. The van der Waals surface area contributed by atoms with Crippen molar-refractivity contribution in [1.29, 1.82) is 0 Å². The van der Waals surface area contributed by atoms with E-state index in [1.165, 1.54) is 0 Å². The number of carbonyl (C=O) groups is 2. The topological polar surface area (TPSA) is 81.5 Å². The zero-order valence-electron chi connectivity index (χ0n) is 18.3. The molecule has 8 nitrogen and oxygen atoms in total. The SMILES string of the molecule is CCN(Cc1ccc2c(c1)OCO2)C(=O)C[NH+](CC)CC(=O)Nc1ccc(OC)cc1. The van der Waals surface area contributed by atoms with Crippen molar-refractivity contribution in [2.24, 2.45) is 0 Å². The summed E-state index contributed by atoms with van der Waals surface area (Å²) in [4.78, 5) is 28.0. The van der Waals surface area contributed by atoms with Gasteiger partial charge in [0.2, 0.25) is 6.79 Å². The smallest absolute Gasteiger partial charge is 0.279 e. The number of nitrogens with zero attached hydrogens (tertiary/aromatic N) is 1. The molecule has 1 aliphatic rings. The zero-order chi connectivity index (χ0) is 22.2. The average molecular weight is 429 g/mol. The van der Waals surface area contributed by atoms with Crippen molar-refractivity contribution >= 4 is 17.5 Å². The Morgan fingerprint density at radius 3 is 2.48 bits per heavy atom. The van der Waals surface area contributed by atoms with Crippen LogP contribution in [-0.2, 0) is 16.1 Å². The molecule has 0 radical (unpaired) electrons. The largest absolute Gasteiger partial charge is 0.497 e. The van der Waals surface area contributed by atoms with Crippen molar-refractivity contribution in [1.82, 2.24) is 4.90 Å². The van der Waals surface area contributed by atoms with Gasteiger partial charge in [-0.1, -0.05) is 6.07 Å². The van der Waals surface area contributed by atoms with E-state index < -0.39 is 0 Å². The maximum atomic E-state index is 12.9. The molecule has 166 valence electrons. The van der Waals surface area contributed by atoms with Crippen molar-refractivity contribution in [2.45, 2.75) is 20.4 Å². The van der Waals surface area contributed by atoms with Crippen LogP contribution in [0.4, 0.5) is 5.69 Å². The summed E-state index contributed by atoms with van der Waals surface area (Å²) in [6, 6.07) is 12.9. The van der Waals surface area contributed by atoms with Gasteiger partial charge in [-0.25, -0.2) is 0 Å². The van der Waals surface area contributed by atoms with E-state index in [0.29, 0.717) is 31.1 Å². The first-order valence-electron chi connectivity index (χ1n) is 10.5. The van der Waals surface area contributed by atoms with Crippen molar-refractivity contribution < 1.29 is 28.7 Å². The lowest BCUT2D eigenvalue weighted by Gasteiger charge is -2.24. The molecule has 0 saturated heterocycles. The first kappa shape index (κ1) is 22.4. The van der Waals surface area contributed by atoms with Crippen LogP contribution in [0, 0.1) is 0 Å². The second-order valence-corrected chi connectivity index (χ2v) is 7.33. The van der Waals surface area contributed by atoms with Gasteiger partial charge in [-0.05, 0) is 55.8 Å². The number of hydrogen-bond acceptors (Lipinski definition) is 5. The number of methoxy groups -OCH3 is 1. The van der Waals surface area contributed by atoms with E-state index in [1.54, 1.807) is 36.3 Å². The molecule has 0 fully saturated rings. The van der Waals surface area contributed by atoms with Crippen molar-refractivity contribution in [2.75, 3.05) is 45.4 Å². The quantitative estimate of drug-likeness (QED) is 0.597. The molecule has 2 amide bonds. The molecule has 0 spiro atoms. The molecular formula is C23H30N3O5+. The molecule has 0 aliphatic carbocycles. The third-order valence-corrected chi connectivity index (χ3v) is 5.23. The van der Waals surface area contributed by atoms with E-state index in [0.717, 1.165) is 22.0 Å². The Morgan fingerprint density at radius 2 is 1.81 bits per heavy atom. The Bertz CT molecular complexity index is 901. The lowest BCUT2D eigenvalue weighted by Crippen LogP contribution is -3.13. The predicted octanol–water partition coefficient (Wildman–Crippen LogP) is 1.32. The van der Waals surface area contributed by atoms with Crippen LogP contribution in [0.2, 0.25) is 0 Å². The Labute approximate surface area is 182 Å². The molecule has 2 aromatic rings. The molecule has 1 unspecified atom stereocenters. The average Bonchev–Trinajstić information content (AvgIpc) is 3.25. The van der Waals surface area contributed by atoms with E-state index >= 15 is 0 Å². The summed E-state index contributed by atoms with van der Waals surface area (Å²) in [7, 11) is 1.60. The van der Waals surface area contributed by atoms with Crippen molar-refractivity contribution in [3.8, 4) is 17.2 Å². The summed E-state index contributed by atoms with van der Waals surface area (Å²) in [6.07, 6.45) is 0. The molecule has 0 saturated carbocycles. The summed E-state index contributed by atoms with van der Waals surface area (Å²) in [5.74, 6) is 2.04. The normalized spacial score (nSPS) is 12.9. The van der Waals surface area contributed by atoms with Gasteiger partial charge in [0.05, 0.1) is 13.7 Å². The van der Waals surface area contributed by atoms with Gasteiger partial charge in [-0.3, -0.25) is 9.59 Å². The molecule has 1 atom stereocenters. The van der Waals surface area contributed by atoms with E-state index in [9.17, 15) is 9.59 Å². The number of likely N-dealkylation sites (N-methyl/N-ethyl adjacent to an activating group) is 2. The highest BCUT2D eigenvalue weighted by molar-refractivity contribution is 5.91. The number of quaternary nitrogens is 1. The lowest BCUT2D eigenvalue weighted by molar-refractivity contribution is -0.882. The molecule has 2 N–H and O–H groups in total. The minimum atomic E-state index is -0.131. The first-order chi connectivity index (χ1) is 15.0. The number of ether oxygens (including phenoxy) is 3. The Balaban J connectivity index is 1.53. The molecule has 0 aromatic heterocycles. The van der Waals surface area contributed by atoms with Gasteiger partial charge in [0, 0.05) is 18.8 Å². The second-order valence-electron chi connectivity index (χ2n) is 7.33. The van der Waals surface area contributed by atoms with Crippen LogP contribution in [-0.4, -0.2) is 56.8 Å².